The average Bonchev–Trinajstić information content (AvgIpc) is 2.30. The number of hydrogen-bond donors (Lipinski definition) is 1. The molecule has 0 unspecified atom stereocenters. The van der Waals surface area contributed by atoms with Gasteiger partial charge in [-0.2, -0.15) is 0 Å². The fourth-order valence-electron chi connectivity index (χ4n) is 2.00. The van der Waals surface area contributed by atoms with Gasteiger partial charge in [-0.25, -0.2) is 4.79 Å². The van der Waals surface area contributed by atoms with Crippen molar-refractivity contribution in [2.75, 3.05) is 0 Å². The standard InChI is InChI=1S/C14H14O2/c15-14(16)10-11-5-4-8-13(9-11)12-6-2-1-3-7-12/h1-3,6-7,9-10H,4-5,8H2,(H,15,16)/b11-10+. The number of benzene rings is 1. The van der Waals surface area contributed by atoms with E-state index in [9.17, 15) is 4.79 Å². The molecule has 1 aliphatic rings. The number of carboxylic acid groups (broad SMARTS) is 1. The zero-order chi connectivity index (χ0) is 11.4. The van der Waals surface area contributed by atoms with Crippen LogP contribution in [0.15, 0.2) is 48.1 Å². The number of aliphatic carboxylic acids is 1. The summed E-state index contributed by atoms with van der Waals surface area (Å²) in [5.74, 6) is -0.861. The molecule has 16 heavy (non-hydrogen) atoms. The van der Waals surface area contributed by atoms with Gasteiger partial charge in [-0.3, -0.25) is 0 Å². The minimum Gasteiger partial charge on any atom is -0.478 e. The lowest BCUT2D eigenvalue weighted by atomic mass is 9.90. The Labute approximate surface area is 94.9 Å². The molecule has 0 spiro atoms. The van der Waals surface area contributed by atoms with Crippen LogP contribution in [0, 0.1) is 0 Å². The minimum atomic E-state index is -0.861. The first-order valence-corrected chi connectivity index (χ1v) is 5.45. The second kappa shape index (κ2) is 4.79. The highest BCUT2D eigenvalue weighted by molar-refractivity contribution is 5.82. The average molecular weight is 214 g/mol. The van der Waals surface area contributed by atoms with Crippen molar-refractivity contribution in [2.45, 2.75) is 19.3 Å². The predicted molar refractivity (Wildman–Crippen MR) is 64.0 cm³/mol. The summed E-state index contributed by atoms with van der Waals surface area (Å²) in [7, 11) is 0. The van der Waals surface area contributed by atoms with Crippen LogP contribution in [0.3, 0.4) is 0 Å². The quantitative estimate of drug-likeness (QED) is 0.767. The Bertz CT molecular complexity index is 441. The highest BCUT2D eigenvalue weighted by Gasteiger charge is 2.09. The first-order chi connectivity index (χ1) is 7.75. The van der Waals surface area contributed by atoms with E-state index in [4.69, 9.17) is 5.11 Å². The molecule has 0 saturated heterocycles. The Morgan fingerprint density at radius 1 is 1.19 bits per heavy atom. The first-order valence-electron chi connectivity index (χ1n) is 5.45. The molecule has 2 rings (SSSR count). The van der Waals surface area contributed by atoms with Crippen LogP contribution in [0.1, 0.15) is 24.8 Å². The van der Waals surface area contributed by atoms with Crippen LogP contribution in [-0.4, -0.2) is 11.1 Å². The van der Waals surface area contributed by atoms with Gasteiger partial charge in [0.25, 0.3) is 0 Å². The maximum absolute atomic E-state index is 10.6. The third-order valence-corrected chi connectivity index (χ3v) is 2.72. The van der Waals surface area contributed by atoms with E-state index in [1.807, 2.05) is 24.3 Å². The van der Waals surface area contributed by atoms with Crippen molar-refractivity contribution in [1.82, 2.24) is 0 Å². The van der Waals surface area contributed by atoms with Crippen molar-refractivity contribution in [3.63, 3.8) is 0 Å². The molecule has 0 heterocycles. The largest absolute Gasteiger partial charge is 0.478 e. The van der Waals surface area contributed by atoms with Crippen LogP contribution in [0.2, 0.25) is 0 Å². The molecule has 0 saturated carbocycles. The van der Waals surface area contributed by atoms with E-state index in [2.05, 4.69) is 12.1 Å². The molecule has 0 fully saturated rings. The van der Waals surface area contributed by atoms with Crippen molar-refractivity contribution in [3.8, 4) is 0 Å². The molecule has 82 valence electrons. The summed E-state index contributed by atoms with van der Waals surface area (Å²) in [5.41, 5.74) is 3.34. The lowest BCUT2D eigenvalue weighted by Gasteiger charge is -2.15. The number of carboxylic acids is 1. The van der Waals surface area contributed by atoms with Gasteiger partial charge < -0.3 is 5.11 Å². The normalized spacial score (nSPS) is 18.2. The smallest absolute Gasteiger partial charge is 0.328 e. The molecular formula is C14H14O2. The van der Waals surface area contributed by atoms with Crippen LogP contribution in [0.4, 0.5) is 0 Å². The SMILES string of the molecule is O=C(O)/C=C1/C=C(c2ccccc2)CCC1. The van der Waals surface area contributed by atoms with Crippen LogP contribution in [-0.2, 0) is 4.79 Å². The van der Waals surface area contributed by atoms with Gasteiger partial charge in [0.1, 0.15) is 0 Å². The molecule has 1 aromatic rings. The fraction of sp³-hybridized carbons (Fsp3) is 0.214. The number of rotatable bonds is 2. The first kappa shape index (κ1) is 10.7. The van der Waals surface area contributed by atoms with Crippen molar-refractivity contribution in [1.29, 1.82) is 0 Å². The van der Waals surface area contributed by atoms with Gasteiger partial charge in [0.05, 0.1) is 0 Å². The molecule has 0 bridgehead atoms. The van der Waals surface area contributed by atoms with E-state index in [1.54, 1.807) is 0 Å². The highest BCUT2D eigenvalue weighted by Crippen LogP contribution is 2.29. The molecule has 0 atom stereocenters. The van der Waals surface area contributed by atoms with Gasteiger partial charge in [-0.05, 0) is 36.0 Å². The number of hydrogen-bond acceptors (Lipinski definition) is 1. The van der Waals surface area contributed by atoms with Crippen molar-refractivity contribution in [3.05, 3.63) is 53.6 Å². The van der Waals surface area contributed by atoms with Crippen molar-refractivity contribution in [2.24, 2.45) is 0 Å². The molecule has 0 radical (unpaired) electrons. The Morgan fingerprint density at radius 2 is 1.94 bits per heavy atom. The van der Waals surface area contributed by atoms with Gasteiger partial charge in [0.2, 0.25) is 0 Å². The zero-order valence-electron chi connectivity index (χ0n) is 9.02. The summed E-state index contributed by atoms with van der Waals surface area (Å²) in [6.45, 7) is 0. The summed E-state index contributed by atoms with van der Waals surface area (Å²) in [6.07, 6.45) is 6.23. The van der Waals surface area contributed by atoms with Gasteiger partial charge in [-0.1, -0.05) is 36.4 Å². The van der Waals surface area contributed by atoms with E-state index >= 15 is 0 Å². The Morgan fingerprint density at radius 3 is 2.62 bits per heavy atom. The van der Waals surface area contributed by atoms with Crippen LogP contribution in [0.5, 0.6) is 0 Å². The maximum Gasteiger partial charge on any atom is 0.328 e. The molecular weight excluding hydrogens is 200 g/mol. The minimum absolute atomic E-state index is 0.861. The molecule has 1 aromatic carbocycles. The maximum atomic E-state index is 10.6. The van der Waals surface area contributed by atoms with E-state index in [-0.39, 0.29) is 0 Å². The fourth-order valence-corrected chi connectivity index (χ4v) is 2.00. The molecule has 0 aliphatic heterocycles. The third kappa shape index (κ3) is 2.60. The van der Waals surface area contributed by atoms with Gasteiger partial charge in [0, 0.05) is 6.08 Å². The van der Waals surface area contributed by atoms with E-state index in [0.29, 0.717) is 0 Å². The number of carbonyl (C=O) groups is 1. The molecule has 2 nitrogen and oxygen atoms in total. The Kier molecular flexibility index (Phi) is 3.20. The van der Waals surface area contributed by atoms with E-state index < -0.39 is 5.97 Å². The second-order valence-electron chi connectivity index (χ2n) is 3.95. The summed E-state index contributed by atoms with van der Waals surface area (Å²) in [4.78, 5) is 10.6. The number of allylic oxidation sites excluding steroid dienone is 3. The Balaban J connectivity index is 2.29. The zero-order valence-corrected chi connectivity index (χ0v) is 9.02. The second-order valence-corrected chi connectivity index (χ2v) is 3.95. The van der Waals surface area contributed by atoms with Crippen molar-refractivity contribution < 1.29 is 9.90 Å². The Hall–Kier alpha value is -1.83. The summed E-state index contributed by atoms with van der Waals surface area (Å²) >= 11 is 0. The predicted octanol–water partition coefficient (Wildman–Crippen LogP) is 3.26. The summed E-state index contributed by atoms with van der Waals surface area (Å²) < 4.78 is 0. The van der Waals surface area contributed by atoms with Crippen molar-refractivity contribution >= 4 is 11.5 Å². The van der Waals surface area contributed by atoms with Crippen LogP contribution < -0.4 is 0 Å². The monoisotopic (exact) mass is 214 g/mol. The van der Waals surface area contributed by atoms with Gasteiger partial charge in [0.15, 0.2) is 0 Å². The van der Waals surface area contributed by atoms with Gasteiger partial charge >= 0.3 is 5.97 Å². The van der Waals surface area contributed by atoms with E-state index in [1.165, 1.54) is 17.2 Å². The van der Waals surface area contributed by atoms with Crippen LogP contribution in [0.25, 0.3) is 5.57 Å². The van der Waals surface area contributed by atoms with Crippen LogP contribution >= 0.6 is 0 Å². The lowest BCUT2D eigenvalue weighted by Crippen LogP contribution is -1.97. The highest BCUT2D eigenvalue weighted by atomic mass is 16.4. The molecule has 0 amide bonds. The van der Waals surface area contributed by atoms with Gasteiger partial charge in [-0.15, -0.1) is 0 Å². The topological polar surface area (TPSA) is 37.3 Å². The molecule has 1 N–H and O–H groups in total. The molecule has 1 aliphatic carbocycles. The molecule has 2 heteroatoms. The lowest BCUT2D eigenvalue weighted by molar-refractivity contribution is -0.131. The third-order valence-electron chi connectivity index (χ3n) is 2.72. The summed E-state index contributed by atoms with van der Waals surface area (Å²) in [5, 5.41) is 8.72. The molecule has 0 aromatic heterocycles. The summed E-state index contributed by atoms with van der Waals surface area (Å²) in [6, 6.07) is 10.1. The van der Waals surface area contributed by atoms with E-state index in [0.717, 1.165) is 24.8 Å².